The van der Waals surface area contributed by atoms with Crippen LogP contribution in [-0.2, 0) is 6.54 Å². The number of hydrogen-bond acceptors (Lipinski definition) is 4. The van der Waals surface area contributed by atoms with E-state index in [1.165, 1.54) is 0 Å². The van der Waals surface area contributed by atoms with Crippen molar-refractivity contribution in [2.24, 2.45) is 11.7 Å². The third-order valence-electron chi connectivity index (χ3n) is 4.76. The average molecular weight is 300 g/mol. The minimum atomic E-state index is -0.265. The molecule has 22 heavy (non-hydrogen) atoms. The predicted octanol–water partition coefficient (Wildman–Crippen LogP) is 2.66. The maximum absolute atomic E-state index is 11.8. The molecule has 4 nitrogen and oxygen atoms in total. The topological polar surface area (TPSA) is 59.5 Å². The van der Waals surface area contributed by atoms with Crippen LogP contribution in [0.5, 0.6) is 0 Å². The van der Waals surface area contributed by atoms with Crippen LogP contribution >= 0.6 is 0 Å². The molecule has 3 rings (SSSR count). The van der Waals surface area contributed by atoms with Crippen molar-refractivity contribution in [3.05, 3.63) is 45.8 Å². The van der Waals surface area contributed by atoms with E-state index in [1.807, 2.05) is 13.0 Å². The highest BCUT2D eigenvalue weighted by Gasteiger charge is 2.22. The molecule has 0 aliphatic carbocycles. The highest BCUT2D eigenvalue weighted by atomic mass is 16.4. The van der Waals surface area contributed by atoms with Crippen molar-refractivity contribution in [2.75, 3.05) is 13.1 Å². The van der Waals surface area contributed by atoms with E-state index >= 15 is 0 Å². The van der Waals surface area contributed by atoms with Gasteiger partial charge in [-0.25, -0.2) is 4.79 Å². The number of aryl methyl sites for hydroxylation is 1. The van der Waals surface area contributed by atoms with Crippen LogP contribution in [0, 0.1) is 12.8 Å². The summed E-state index contributed by atoms with van der Waals surface area (Å²) in [4.78, 5) is 14.2. The van der Waals surface area contributed by atoms with Gasteiger partial charge in [-0.05, 0) is 62.9 Å². The Morgan fingerprint density at radius 1 is 1.32 bits per heavy atom. The second kappa shape index (κ2) is 6.23. The summed E-state index contributed by atoms with van der Waals surface area (Å²) in [6, 6.07) is 7.96. The fourth-order valence-corrected chi connectivity index (χ4v) is 3.35. The standard InChI is InChI=1S/C18H24N2O2/c1-12-3-4-16-15(10-18(21)22-17(16)9-12)11-20-7-5-14(6-8-20)13(2)19/h3-4,9-10,13-14H,5-8,11,19H2,1-2H3. The van der Waals surface area contributed by atoms with Crippen LogP contribution in [0.15, 0.2) is 33.5 Å². The summed E-state index contributed by atoms with van der Waals surface area (Å²) in [6.07, 6.45) is 2.27. The summed E-state index contributed by atoms with van der Waals surface area (Å²) in [6.45, 7) is 6.99. The van der Waals surface area contributed by atoms with Crippen LogP contribution in [0.1, 0.15) is 30.9 Å². The molecule has 2 aromatic rings. The molecule has 1 saturated heterocycles. The predicted molar refractivity (Wildman–Crippen MR) is 88.9 cm³/mol. The van der Waals surface area contributed by atoms with E-state index in [0.717, 1.165) is 49.0 Å². The lowest BCUT2D eigenvalue weighted by Crippen LogP contribution is -2.39. The van der Waals surface area contributed by atoms with Crippen molar-refractivity contribution in [2.45, 2.75) is 39.3 Å². The zero-order valence-corrected chi connectivity index (χ0v) is 13.3. The average Bonchev–Trinajstić information content (AvgIpc) is 2.47. The summed E-state index contributed by atoms with van der Waals surface area (Å²) in [5.41, 5.74) is 8.59. The van der Waals surface area contributed by atoms with Crippen LogP contribution in [-0.4, -0.2) is 24.0 Å². The number of piperidine rings is 1. The van der Waals surface area contributed by atoms with Gasteiger partial charge in [0, 0.05) is 24.0 Å². The molecule has 2 N–H and O–H groups in total. The Bertz CT molecular complexity index is 713. The Kier molecular flexibility index (Phi) is 4.32. The van der Waals surface area contributed by atoms with Gasteiger partial charge in [0.1, 0.15) is 5.58 Å². The number of fused-ring (bicyclic) bond motifs is 1. The number of hydrogen-bond donors (Lipinski definition) is 1. The number of likely N-dealkylation sites (tertiary alicyclic amines) is 1. The Labute approximate surface area is 130 Å². The van der Waals surface area contributed by atoms with E-state index in [0.29, 0.717) is 11.5 Å². The fraction of sp³-hybridized carbons (Fsp3) is 0.500. The lowest BCUT2D eigenvalue weighted by atomic mass is 9.90. The van der Waals surface area contributed by atoms with Crippen molar-refractivity contribution < 1.29 is 4.42 Å². The first-order valence-corrected chi connectivity index (χ1v) is 8.04. The molecule has 4 heteroatoms. The van der Waals surface area contributed by atoms with E-state index in [4.69, 9.17) is 10.2 Å². The van der Waals surface area contributed by atoms with Crippen LogP contribution in [0.3, 0.4) is 0 Å². The minimum absolute atomic E-state index is 0.265. The molecular weight excluding hydrogens is 276 g/mol. The van der Waals surface area contributed by atoms with Crippen LogP contribution in [0.25, 0.3) is 11.0 Å². The first-order valence-electron chi connectivity index (χ1n) is 8.04. The van der Waals surface area contributed by atoms with E-state index in [-0.39, 0.29) is 11.7 Å². The molecule has 1 fully saturated rings. The quantitative estimate of drug-likeness (QED) is 0.885. The normalized spacial score (nSPS) is 18.7. The smallest absolute Gasteiger partial charge is 0.336 e. The van der Waals surface area contributed by atoms with Crippen LogP contribution in [0.4, 0.5) is 0 Å². The molecule has 0 saturated carbocycles. The maximum Gasteiger partial charge on any atom is 0.336 e. The minimum Gasteiger partial charge on any atom is -0.423 e. The lowest BCUT2D eigenvalue weighted by molar-refractivity contribution is 0.166. The molecule has 1 aliphatic rings. The van der Waals surface area contributed by atoms with Gasteiger partial charge in [0.2, 0.25) is 0 Å². The van der Waals surface area contributed by atoms with Crippen molar-refractivity contribution in [3.8, 4) is 0 Å². The number of benzene rings is 1. The zero-order chi connectivity index (χ0) is 15.7. The number of rotatable bonds is 3. The Morgan fingerprint density at radius 3 is 2.73 bits per heavy atom. The zero-order valence-electron chi connectivity index (χ0n) is 13.3. The number of nitrogens with two attached hydrogens (primary N) is 1. The molecule has 1 aromatic carbocycles. The second-order valence-corrected chi connectivity index (χ2v) is 6.56. The summed E-state index contributed by atoms with van der Waals surface area (Å²) in [5.74, 6) is 0.622. The van der Waals surface area contributed by atoms with Gasteiger partial charge in [0.05, 0.1) is 0 Å². The van der Waals surface area contributed by atoms with Crippen LogP contribution in [0.2, 0.25) is 0 Å². The third kappa shape index (κ3) is 3.23. The van der Waals surface area contributed by atoms with Gasteiger partial charge in [-0.1, -0.05) is 12.1 Å². The monoisotopic (exact) mass is 300 g/mol. The lowest BCUT2D eigenvalue weighted by Gasteiger charge is -2.33. The van der Waals surface area contributed by atoms with Crippen molar-refractivity contribution in [3.63, 3.8) is 0 Å². The van der Waals surface area contributed by atoms with E-state index in [1.54, 1.807) is 6.07 Å². The Balaban J connectivity index is 1.81. The first kappa shape index (κ1) is 15.3. The second-order valence-electron chi connectivity index (χ2n) is 6.56. The molecule has 0 bridgehead atoms. The summed E-state index contributed by atoms with van der Waals surface area (Å²) < 4.78 is 5.33. The SMILES string of the molecule is Cc1ccc2c(CN3CCC(C(C)N)CC3)cc(=O)oc2c1. The van der Waals surface area contributed by atoms with Crippen molar-refractivity contribution >= 4 is 11.0 Å². The van der Waals surface area contributed by atoms with Gasteiger partial charge in [-0.3, -0.25) is 4.90 Å². The van der Waals surface area contributed by atoms with Gasteiger partial charge in [0.25, 0.3) is 0 Å². The maximum atomic E-state index is 11.8. The molecule has 1 atom stereocenters. The molecular formula is C18H24N2O2. The molecule has 1 unspecified atom stereocenters. The van der Waals surface area contributed by atoms with Gasteiger partial charge < -0.3 is 10.2 Å². The summed E-state index contributed by atoms with van der Waals surface area (Å²) >= 11 is 0. The molecule has 2 heterocycles. The van der Waals surface area contributed by atoms with Gasteiger partial charge >= 0.3 is 5.63 Å². The van der Waals surface area contributed by atoms with Crippen molar-refractivity contribution in [1.82, 2.24) is 4.90 Å². The molecule has 0 amide bonds. The third-order valence-corrected chi connectivity index (χ3v) is 4.76. The molecule has 0 spiro atoms. The molecule has 118 valence electrons. The van der Waals surface area contributed by atoms with E-state index in [9.17, 15) is 4.79 Å². The highest BCUT2D eigenvalue weighted by Crippen LogP contribution is 2.24. The van der Waals surface area contributed by atoms with Crippen molar-refractivity contribution in [1.29, 1.82) is 0 Å². The molecule has 0 radical (unpaired) electrons. The van der Waals surface area contributed by atoms with Gasteiger partial charge in [0.15, 0.2) is 0 Å². The van der Waals surface area contributed by atoms with Crippen LogP contribution < -0.4 is 11.4 Å². The first-order chi connectivity index (χ1) is 10.5. The van der Waals surface area contributed by atoms with Gasteiger partial charge in [-0.2, -0.15) is 0 Å². The van der Waals surface area contributed by atoms with E-state index < -0.39 is 0 Å². The molecule has 1 aromatic heterocycles. The highest BCUT2D eigenvalue weighted by molar-refractivity contribution is 5.80. The van der Waals surface area contributed by atoms with E-state index in [2.05, 4.69) is 24.0 Å². The summed E-state index contributed by atoms with van der Waals surface area (Å²) in [7, 11) is 0. The largest absolute Gasteiger partial charge is 0.423 e. The number of nitrogens with zero attached hydrogens (tertiary/aromatic N) is 1. The Hall–Kier alpha value is -1.65. The van der Waals surface area contributed by atoms with Gasteiger partial charge in [-0.15, -0.1) is 0 Å². The molecule has 1 aliphatic heterocycles. The fourth-order valence-electron chi connectivity index (χ4n) is 3.35. The Morgan fingerprint density at radius 2 is 2.05 bits per heavy atom. The summed E-state index contributed by atoms with van der Waals surface area (Å²) in [5, 5.41) is 1.04.